The van der Waals surface area contributed by atoms with Crippen LogP contribution in [0.2, 0.25) is 0 Å². The topological polar surface area (TPSA) is 49.8 Å². The summed E-state index contributed by atoms with van der Waals surface area (Å²) in [5.74, 6) is 1.40. The number of nitrogens with zero attached hydrogens (tertiary/aromatic N) is 1. The Morgan fingerprint density at radius 1 is 1.40 bits per heavy atom. The van der Waals surface area contributed by atoms with E-state index in [1.54, 1.807) is 0 Å². The van der Waals surface area contributed by atoms with Gasteiger partial charge in [0.1, 0.15) is 0 Å². The SMILES string of the molecule is CC1CCC(C(C)C)C(N2CCOCC2CC(=O)O)C1. The van der Waals surface area contributed by atoms with Crippen molar-refractivity contribution >= 4 is 5.97 Å². The molecule has 116 valence electrons. The van der Waals surface area contributed by atoms with E-state index in [9.17, 15) is 4.79 Å². The van der Waals surface area contributed by atoms with Crippen LogP contribution in [0.4, 0.5) is 0 Å². The summed E-state index contributed by atoms with van der Waals surface area (Å²) in [4.78, 5) is 13.5. The van der Waals surface area contributed by atoms with Crippen LogP contribution in [0.3, 0.4) is 0 Å². The van der Waals surface area contributed by atoms with Crippen LogP contribution >= 0.6 is 0 Å². The van der Waals surface area contributed by atoms with Crippen LogP contribution in [0, 0.1) is 17.8 Å². The van der Waals surface area contributed by atoms with E-state index in [4.69, 9.17) is 9.84 Å². The summed E-state index contributed by atoms with van der Waals surface area (Å²) in [6, 6.07) is 0.588. The van der Waals surface area contributed by atoms with Gasteiger partial charge in [-0.05, 0) is 30.6 Å². The van der Waals surface area contributed by atoms with Crippen LogP contribution in [0.1, 0.15) is 46.5 Å². The van der Waals surface area contributed by atoms with Gasteiger partial charge < -0.3 is 9.84 Å². The van der Waals surface area contributed by atoms with Gasteiger partial charge in [-0.1, -0.05) is 27.2 Å². The number of ether oxygens (including phenoxy) is 1. The second-order valence-electron chi connectivity index (χ2n) is 6.96. The Hall–Kier alpha value is -0.610. The van der Waals surface area contributed by atoms with Crippen molar-refractivity contribution in [2.45, 2.75) is 58.5 Å². The number of hydrogen-bond donors (Lipinski definition) is 1. The summed E-state index contributed by atoms with van der Waals surface area (Å²) >= 11 is 0. The summed E-state index contributed by atoms with van der Waals surface area (Å²) in [5, 5.41) is 9.13. The molecule has 0 radical (unpaired) electrons. The Morgan fingerprint density at radius 3 is 2.80 bits per heavy atom. The van der Waals surface area contributed by atoms with Gasteiger partial charge in [0.05, 0.1) is 19.6 Å². The van der Waals surface area contributed by atoms with Gasteiger partial charge in [-0.3, -0.25) is 9.69 Å². The maximum absolute atomic E-state index is 11.1. The molecule has 4 unspecified atom stereocenters. The molecule has 1 aliphatic carbocycles. The third kappa shape index (κ3) is 3.73. The number of carboxylic acids is 1. The summed E-state index contributed by atoms with van der Waals surface area (Å²) in [5.41, 5.74) is 0. The van der Waals surface area contributed by atoms with Gasteiger partial charge in [0.25, 0.3) is 0 Å². The Balaban J connectivity index is 2.12. The van der Waals surface area contributed by atoms with Crippen LogP contribution in [0.15, 0.2) is 0 Å². The monoisotopic (exact) mass is 283 g/mol. The van der Waals surface area contributed by atoms with E-state index in [0.717, 1.165) is 19.1 Å². The molecule has 4 nitrogen and oxygen atoms in total. The first-order valence-corrected chi connectivity index (χ1v) is 8.04. The smallest absolute Gasteiger partial charge is 0.305 e. The number of rotatable bonds is 4. The quantitative estimate of drug-likeness (QED) is 0.861. The first-order valence-electron chi connectivity index (χ1n) is 8.04. The van der Waals surface area contributed by atoms with Gasteiger partial charge in [0.15, 0.2) is 0 Å². The number of morpholine rings is 1. The predicted octanol–water partition coefficient (Wildman–Crippen LogP) is 2.62. The minimum Gasteiger partial charge on any atom is -0.481 e. The van der Waals surface area contributed by atoms with Crippen LogP contribution in [0.5, 0.6) is 0 Å². The van der Waals surface area contributed by atoms with Gasteiger partial charge in [0.2, 0.25) is 0 Å². The molecule has 0 spiro atoms. The van der Waals surface area contributed by atoms with Crippen molar-refractivity contribution in [2.24, 2.45) is 17.8 Å². The molecule has 1 N–H and O–H groups in total. The highest BCUT2D eigenvalue weighted by Crippen LogP contribution is 2.38. The van der Waals surface area contributed by atoms with Crippen molar-refractivity contribution in [1.29, 1.82) is 0 Å². The fourth-order valence-electron chi connectivity index (χ4n) is 4.02. The lowest BCUT2D eigenvalue weighted by atomic mass is 9.73. The number of carbonyl (C=O) groups is 1. The van der Waals surface area contributed by atoms with E-state index in [0.29, 0.717) is 24.5 Å². The largest absolute Gasteiger partial charge is 0.481 e. The molecular formula is C16H29NO3. The predicted molar refractivity (Wildman–Crippen MR) is 78.7 cm³/mol. The highest BCUT2D eigenvalue weighted by molar-refractivity contribution is 5.67. The molecule has 2 rings (SSSR count). The molecule has 1 aliphatic heterocycles. The molecule has 0 bridgehead atoms. The van der Waals surface area contributed by atoms with Crippen molar-refractivity contribution < 1.29 is 14.6 Å². The molecule has 1 heterocycles. The molecule has 20 heavy (non-hydrogen) atoms. The third-order valence-electron chi connectivity index (χ3n) is 5.10. The highest BCUT2D eigenvalue weighted by atomic mass is 16.5. The van der Waals surface area contributed by atoms with E-state index in [1.165, 1.54) is 19.3 Å². The third-order valence-corrected chi connectivity index (χ3v) is 5.10. The Bertz CT molecular complexity index is 332. The van der Waals surface area contributed by atoms with Gasteiger partial charge in [0, 0.05) is 18.6 Å². The molecule has 2 fully saturated rings. The number of aliphatic carboxylic acids is 1. The van der Waals surface area contributed by atoms with Crippen molar-refractivity contribution in [3.8, 4) is 0 Å². The molecular weight excluding hydrogens is 254 g/mol. The molecule has 4 heteroatoms. The maximum Gasteiger partial charge on any atom is 0.305 e. The summed E-state index contributed by atoms with van der Waals surface area (Å²) in [6.45, 7) is 9.14. The highest BCUT2D eigenvalue weighted by Gasteiger charge is 2.39. The molecule has 0 amide bonds. The van der Waals surface area contributed by atoms with Crippen LogP contribution < -0.4 is 0 Å². The molecule has 1 saturated heterocycles. The zero-order valence-corrected chi connectivity index (χ0v) is 13.0. The number of hydrogen-bond acceptors (Lipinski definition) is 3. The maximum atomic E-state index is 11.1. The van der Waals surface area contributed by atoms with Crippen molar-refractivity contribution in [3.63, 3.8) is 0 Å². The normalized spacial score (nSPS) is 36.2. The zero-order valence-electron chi connectivity index (χ0n) is 13.0. The van der Waals surface area contributed by atoms with Gasteiger partial charge in [-0.2, -0.15) is 0 Å². The van der Waals surface area contributed by atoms with Gasteiger partial charge >= 0.3 is 5.97 Å². The minimum absolute atomic E-state index is 0.0535. The van der Waals surface area contributed by atoms with E-state index in [2.05, 4.69) is 25.7 Å². The average Bonchev–Trinajstić information content (AvgIpc) is 2.38. The standard InChI is InChI=1S/C16H29NO3/c1-11(2)14-5-4-12(3)8-15(14)17-6-7-20-10-13(17)9-16(18)19/h11-15H,4-10H2,1-3H3,(H,18,19). The van der Waals surface area contributed by atoms with E-state index >= 15 is 0 Å². The second-order valence-corrected chi connectivity index (χ2v) is 6.96. The fraction of sp³-hybridized carbons (Fsp3) is 0.938. The molecule has 0 aromatic heterocycles. The van der Waals surface area contributed by atoms with Crippen LogP contribution in [0.25, 0.3) is 0 Å². The zero-order chi connectivity index (χ0) is 14.7. The Kier molecular flexibility index (Phi) is 5.44. The molecule has 0 aromatic carbocycles. The van der Waals surface area contributed by atoms with Gasteiger partial charge in [-0.25, -0.2) is 0 Å². The fourth-order valence-corrected chi connectivity index (χ4v) is 4.02. The van der Waals surface area contributed by atoms with Crippen LogP contribution in [-0.2, 0) is 9.53 Å². The summed E-state index contributed by atoms with van der Waals surface area (Å²) in [6.07, 6.45) is 4.00. The first kappa shape index (κ1) is 15.8. The lowest BCUT2D eigenvalue weighted by Gasteiger charge is -2.48. The summed E-state index contributed by atoms with van der Waals surface area (Å²) < 4.78 is 5.52. The molecule has 4 atom stereocenters. The Labute approximate surface area is 122 Å². The second kappa shape index (κ2) is 6.90. The number of carboxylic acid groups (broad SMARTS) is 1. The summed E-state index contributed by atoms with van der Waals surface area (Å²) in [7, 11) is 0. The molecule has 2 aliphatic rings. The average molecular weight is 283 g/mol. The minimum atomic E-state index is -0.713. The van der Waals surface area contributed by atoms with Crippen LogP contribution in [-0.4, -0.2) is 47.8 Å². The van der Waals surface area contributed by atoms with Gasteiger partial charge in [-0.15, -0.1) is 0 Å². The first-order chi connectivity index (χ1) is 9.49. The lowest BCUT2D eigenvalue weighted by Crippen LogP contribution is -2.56. The van der Waals surface area contributed by atoms with E-state index in [-0.39, 0.29) is 12.5 Å². The Morgan fingerprint density at radius 2 is 2.15 bits per heavy atom. The van der Waals surface area contributed by atoms with Crippen molar-refractivity contribution in [3.05, 3.63) is 0 Å². The van der Waals surface area contributed by atoms with E-state index < -0.39 is 5.97 Å². The lowest BCUT2D eigenvalue weighted by molar-refractivity contribution is -0.142. The van der Waals surface area contributed by atoms with Crippen molar-refractivity contribution in [1.82, 2.24) is 4.90 Å². The molecule has 1 saturated carbocycles. The van der Waals surface area contributed by atoms with Crippen molar-refractivity contribution in [2.75, 3.05) is 19.8 Å². The van der Waals surface area contributed by atoms with E-state index in [1.807, 2.05) is 0 Å². The molecule has 0 aromatic rings.